The van der Waals surface area contributed by atoms with Crippen LogP contribution in [-0.4, -0.2) is 23.9 Å². The Labute approximate surface area is 160 Å². The number of halogens is 7. The van der Waals surface area contributed by atoms with Crippen LogP contribution in [0.2, 0.25) is 0 Å². The third-order valence-electron chi connectivity index (χ3n) is 3.43. The van der Waals surface area contributed by atoms with E-state index in [0.29, 0.717) is 0 Å². The molecule has 2 aromatic rings. The van der Waals surface area contributed by atoms with Crippen molar-refractivity contribution in [3.63, 3.8) is 0 Å². The molecule has 2 rings (SSSR count). The Hall–Kier alpha value is -2.70. The van der Waals surface area contributed by atoms with Crippen LogP contribution in [0.5, 0.6) is 17.2 Å². The number of alkyl halides is 3. The van der Waals surface area contributed by atoms with Crippen LogP contribution in [0.15, 0.2) is 28.6 Å². The Morgan fingerprint density at radius 2 is 1.48 bits per heavy atom. The largest absolute Gasteiger partial charge is 0.514 e. The van der Waals surface area contributed by atoms with E-state index < -0.39 is 51.1 Å². The van der Waals surface area contributed by atoms with Crippen molar-refractivity contribution in [1.82, 2.24) is 0 Å². The Morgan fingerprint density at radius 1 is 0.931 bits per heavy atom. The third-order valence-corrected chi connectivity index (χ3v) is 4.87. The second-order valence-electron chi connectivity index (χ2n) is 5.28. The van der Waals surface area contributed by atoms with Crippen molar-refractivity contribution in [3.05, 3.63) is 53.1 Å². The molecule has 0 amide bonds. The highest BCUT2D eigenvalue weighted by Gasteiger charge is 2.47. The topological polar surface area (TPSA) is 57.1 Å². The smallest absolute Gasteiger partial charge is 0.493 e. The highest BCUT2D eigenvalue weighted by molar-refractivity contribution is 7.90. The SMILES string of the molecule is COc1ccc(CN=S(=O)(Oc2c(F)c(F)cc(F)c2F)C(F)(F)F)cc1OC. The first kappa shape index (κ1) is 22.6. The molecule has 0 fully saturated rings. The minimum Gasteiger partial charge on any atom is -0.493 e. The molecule has 0 heterocycles. The van der Waals surface area contributed by atoms with Gasteiger partial charge in [0.05, 0.1) is 20.8 Å². The number of ether oxygens (including phenoxy) is 2. The zero-order chi connectivity index (χ0) is 22.0. The minimum absolute atomic E-state index is 0.0367. The molecule has 1 atom stereocenters. The lowest BCUT2D eigenvalue weighted by Crippen LogP contribution is -2.29. The summed E-state index contributed by atoms with van der Waals surface area (Å²) < 4.78 is 122. The van der Waals surface area contributed by atoms with E-state index in [9.17, 15) is 34.9 Å². The lowest BCUT2D eigenvalue weighted by Gasteiger charge is -2.16. The van der Waals surface area contributed by atoms with Crippen LogP contribution in [0.1, 0.15) is 5.56 Å². The summed E-state index contributed by atoms with van der Waals surface area (Å²) in [5, 5.41) is 0. The maximum absolute atomic E-state index is 13.6. The lowest BCUT2D eigenvalue weighted by molar-refractivity contribution is -0.0463. The van der Waals surface area contributed by atoms with Crippen LogP contribution in [-0.2, 0) is 16.6 Å². The zero-order valence-electron chi connectivity index (χ0n) is 14.7. The zero-order valence-corrected chi connectivity index (χ0v) is 15.5. The van der Waals surface area contributed by atoms with Crippen LogP contribution in [0.25, 0.3) is 0 Å². The van der Waals surface area contributed by atoms with Gasteiger partial charge in [0.2, 0.25) is 17.4 Å². The number of rotatable bonds is 6. The van der Waals surface area contributed by atoms with Crippen molar-refractivity contribution in [2.45, 2.75) is 12.1 Å². The van der Waals surface area contributed by atoms with Crippen LogP contribution >= 0.6 is 0 Å². The second kappa shape index (κ2) is 8.35. The fourth-order valence-electron chi connectivity index (χ4n) is 2.02. The van der Waals surface area contributed by atoms with Gasteiger partial charge in [-0.25, -0.2) is 8.78 Å². The van der Waals surface area contributed by atoms with Crippen molar-refractivity contribution < 1.29 is 48.6 Å². The molecule has 0 aliphatic carbocycles. The van der Waals surface area contributed by atoms with Gasteiger partial charge in [0.15, 0.2) is 23.1 Å². The van der Waals surface area contributed by atoms with Crippen LogP contribution in [0.3, 0.4) is 0 Å². The fraction of sp³-hybridized carbons (Fsp3) is 0.250. The molecular formula is C16H12F7NO4S. The monoisotopic (exact) mass is 447 g/mol. The summed E-state index contributed by atoms with van der Waals surface area (Å²) in [7, 11) is -3.26. The van der Waals surface area contributed by atoms with Gasteiger partial charge in [-0.2, -0.15) is 30.5 Å². The van der Waals surface area contributed by atoms with Gasteiger partial charge in [-0.1, -0.05) is 6.07 Å². The average Bonchev–Trinajstić information content (AvgIpc) is 2.67. The van der Waals surface area contributed by atoms with Gasteiger partial charge in [0, 0.05) is 6.07 Å². The van der Waals surface area contributed by atoms with Crippen LogP contribution in [0.4, 0.5) is 30.7 Å². The van der Waals surface area contributed by atoms with Crippen LogP contribution in [0, 0.1) is 23.3 Å². The van der Waals surface area contributed by atoms with E-state index >= 15 is 0 Å². The molecule has 29 heavy (non-hydrogen) atoms. The number of benzene rings is 2. The van der Waals surface area contributed by atoms with Gasteiger partial charge in [0.25, 0.3) is 0 Å². The van der Waals surface area contributed by atoms with Gasteiger partial charge in [-0.3, -0.25) is 0 Å². The van der Waals surface area contributed by atoms with E-state index in [-0.39, 0.29) is 23.1 Å². The summed E-state index contributed by atoms with van der Waals surface area (Å²) in [4.78, 5) is 0. The molecular weight excluding hydrogens is 435 g/mol. The number of hydrogen-bond donors (Lipinski definition) is 0. The summed E-state index contributed by atoms with van der Waals surface area (Å²) in [5.74, 6) is -10.4. The Balaban J connectivity index is 2.51. The molecule has 0 saturated heterocycles. The molecule has 0 saturated carbocycles. The molecule has 0 N–H and O–H groups in total. The van der Waals surface area contributed by atoms with Gasteiger partial charge in [-0.05, 0) is 17.7 Å². The molecule has 0 aliphatic heterocycles. The molecule has 5 nitrogen and oxygen atoms in total. The first-order valence-electron chi connectivity index (χ1n) is 7.46. The fourth-order valence-corrected chi connectivity index (χ4v) is 3.01. The van der Waals surface area contributed by atoms with Gasteiger partial charge in [0.1, 0.15) is 0 Å². The molecule has 0 aromatic heterocycles. The molecule has 160 valence electrons. The summed E-state index contributed by atoms with van der Waals surface area (Å²) in [6, 6.07) is 3.54. The summed E-state index contributed by atoms with van der Waals surface area (Å²) in [6.45, 7) is -0.903. The average molecular weight is 447 g/mol. The van der Waals surface area contributed by atoms with E-state index in [1.807, 2.05) is 0 Å². The first-order chi connectivity index (χ1) is 13.4. The molecule has 0 bridgehead atoms. The molecule has 0 radical (unpaired) electrons. The first-order valence-corrected chi connectivity index (χ1v) is 8.90. The Kier molecular flexibility index (Phi) is 6.50. The number of nitrogens with zero attached hydrogens (tertiary/aromatic N) is 1. The summed E-state index contributed by atoms with van der Waals surface area (Å²) in [5.41, 5.74) is -5.71. The van der Waals surface area contributed by atoms with Gasteiger partial charge >= 0.3 is 15.5 Å². The standard InChI is InChI=1S/C16H12F7NO4S/c1-26-11-4-3-8(5-12(11)27-2)7-24-29(25,16(21,22)23)28-15-13(19)9(17)6-10(18)14(15)20/h3-6H,7H2,1-2H3. The highest BCUT2D eigenvalue weighted by Crippen LogP contribution is 2.34. The van der Waals surface area contributed by atoms with Crippen molar-refractivity contribution in [2.24, 2.45) is 4.36 Å². The quantitative estimate of drug-likeness (QED) is 0.474. The summed E-state index contributed by atoms with van der Waals surface area (Å²) in [6.07, 6.45) is 0. The second-order valence-corrected chi connectivity index (χ2v) is 7.12. The van der Waals surface area contributed by atoms with Crippen molar-refractivity contribution in [1.29, 1.82) is 0 Å². The molecule has 1 unspecified atom stereocenters. The van der Waals surface area contributed by atoms with Crippen molar-refractivity contribution in [3.8, 4) is 17.2 Å². The van der Waals surface area contributed by atoms with E-state index in [1.54, 1.807) is 0 Å². The third kappa shape index (κ3) is 4.66. The maximum Gasteiger partial charge on any atom is 0.514 e. The minimum atomic E-state index is -5.83. The molecule has 0 aliphatic rings. The normalized spacial score (nSPS) is 13.6. The van der Waals surface area contributed by atoms with E-state index in [0.717, 1.165) is 0 Å². The maximum atomic E-state index is 13.6. The molecule has 13 heteroatoms. The van der Waals surface area contributed by atoms with Gasteiger partial charge in [-0.15, -0.1) is 0 Å². The van der Waals surface area contributed by atoms with E-state index in [1.165, 1.54) is 32.4 Å². The Bertz CT molecular complexity index is 1010. The summed E-state index contributed by atoms with van der Waals surface area (Å²) >= 11 is 0. The van der Waals surface area contributed by atoms with Crippen molar-refractivity contribution >= 4 is 10.0 Å². The molecule has 2 aromatic carbocycles. The predicted molar refractivity (Wildman–Crippen MR) is 86.8 cm³/mol. The number of hydrogen-bond acceptors (Lipinski definition) is 5. The predicted octanol–water partition coefficient (Wildman–Crippen LogP) is 4.74. The van der Waals surface area contributed by atoms with Crippen LogP contribution < -0.4 is 13.7 Å². The Morgan fingerprint density at radius 3 is 1.97 bits per heavy atom. The molecule has 0 spiro atoms. The number of methoxy groups -OCH3 is 2. The van der Waals surface area contributed by atoms with Gasteiger partial charge < -0.3 is 13.7 Å². The van der Waals surface area contributed by atoms with E-state index in [4.69, 9.17) is 9.47 Å². The van der Waals surface area contributed by atoms with E-state index in [2.05, 4.69) is 8.55 Å². The van der Waals surface area contributed by atoms with Crippen molar-refractivity contribution in [2.75, 3.05) is 14.2 Å². The lowest BCUT2D eigenvalue weighted by atomic mass is 10.2. The highest BCUT2D eigenvalue weighted by atomic mass is 32.2.